The fourth-order valence-corrected chi connectivity index (χ4v) is 2.68. The van der Waals surface area contributed by atoms with Crippen LogP contribution < -0.4 is 51.4 Å². The van der Waals surface area contributed by atoms with Gasteiger partial charge in [0.25, 0.3) is 0 Å². The van der Waals surface area contributed by atoms with Gasteiger partial charge in [-0.3, -0.25) is 4.90 Å². The molecule has 2 aliphatic heterocycles. The summed E-state index contributed by atoms with van der Waals surface area (Å²) in [6.45, 7) is -1.56. The third-order valence-corrected chi connectivity index (χ3v) is 3.39. The maximum atomic E-state index is 12.3. The van der Waals surface area contributed by atoms with E-state index in [4.69, 9.17) is 0 Å². The average Bonchev–Trinajstić information content (AvgIpc) is 2.15. The van der Waals surface area contributed by atoms with E-state index in [9.17, 15) is 12.9 Å². The molecule has 0 aromatic heterocycles. The monoisotopic (exact) mass is 260 g/mol. The minimum Gasteiger partial charge on any atom is -0.448 e. The van der Waals surface area contributed by atoms with Crippen molar-refractivity contribution >= 4 is 6.98 Å². The van der Waals surface area contributed by atoms with E-state index >= 15 is 0 Å². The molecule has 1 unspecified atom stereocenters. The van der Waals surface area contributed by atoms with E-state index in [1.165, 1.54) is 12.8 Å². The van der Waals surface area contributed by atoms with Gasteiger partial charge < -0.3 is 17.8 Å². The van der Waals surface area contributed by atoms with E-state index in [0.717, 1.165) is 19.5 Å². The zero-order valence-electron chi connectivity index (χ0n) is 9.84. The fourth-order valence-electron chi connectivity index (χ4n) is 2.68. The van der Waals surface area contributed by atoms with Crippen molar-refractivity contribution in [1.29, 1.82) is 0 Å². The number of hydrogen-bond acceptors (Lipinski definition) is 2. The number of hydrogen-bond donors (Lipinski definition) is 0. The van der Waals surface area contributed by atoms with Crippen LogP contribution in [0.5, 0.6) is 0 Å². The van der Waals surface area contributed by atoms with Crippen molar-refractivity contribution in [1.82, 2.24) is 9.80 Å². The zero-order chi connectivity index (χ0) is 10.9. The van der Waals surface area contributed by atoms with Gasteiger partial charge in [0.05, 0.1) is 0 Å². The second kappa shape index (κ2) is 6.54. The molecule has 2 saturated heterocycles. The molecule has 88 valence electrons. The fraction of sp³-hybridized carbons (Fsp3) is 1.00. The number of fused-ring (bicyclic) bond motifs is 1. The van der Waals surface area contributed by atoms with Gasteiger partial charge in [-0.1, -0.05) is 6.42 Å². The second-order valence-electron chi connectivity index (χ2n) is 4.66. The Morgan fingerprint density at radius 2 is 1.81 bits per heavy atom. The molecule has 0 aromatic rings. The van der Waals surface area contributed by atoms with Crippen molar-refractivity contribution in [3.05, 3.63) is 0 Å². The van der Waals surface area contributed by atoms with Crippen LogP contribution in [0, 0.1) is 0 Å². The summed E-state index contributed by atoms with van der Waals surface area (Å²) in [4.78, 5) is 3.93. The first-order chi connectivity index (χ1) is 7.04. The number of halogens is 3. The largest absolute Gasteiger partial charge is 1.00 e. The molecule has 7 heteroatoms. The van der Waals surface area contributed by atoms with Gasteiger partial charge in [0.2, 0.25) is 0 Å². The summed E-state index contributed by atoms with van der Waals surface area (Å²) >= 11 is 0. The van der Waals surface area contributed by atoms with E-state index in [0.29, 0.717) is 19.1 Å². The van der Waals surface area contributed by atoms with E-state index in [1.54, 1.807) is 4.90 Å². The van der Waals surface area contributed by atoms with Gasteiger partial charge in [0, 0.05) is 25.7 Å². The minimum absolute atomic E-state index is 0. The van der Waals surface area contributed by atoms with E-state index < -0.39 is 13.4 Å². The average molecular weight is 260 g/mol. The van der Waals surface area contributed by atoms with E-state index in [-0.39, 0.29) is 51.4 Å². The molecule has 0 N–H and O–H groups in total. The Bertz CT molecular complexity index is 227. The molecular weight excluding hydrogens is 243 g/mol. The molecule has 0 radical (unpaired) electrons. The summed E-state index contributed by atoms with van der Waals surface area (Å²) in [7, 11) is 0. The second-order valence-corrected chi connectivity index (χ2v) is 4.66. The maximum Gasteiger partial charge on any atom is 1.00 e. The van der Waals surface area contributed by atoms with Crippen LogP contribution in [-0.2, 0) is 0 Å². The van der Waals surface area contributed by atoms with Gasteiger partial charge in [-0.05, 0) is 25.8 Å². The molecule has 0 saturated carbocycles. The van der Waals surface area contributed by atoms with Gasteiger partial charge in [-0.15, -0.1) is 0 Å². The van der Waals surface area contributed by atoms with Crippen LogP contribution in [0.4, 0.5) is 12.9 Å². The first-order valence-corrected chi connectivity index (χ1v) is 5.72. The Morgan fingerprint density at radius 1 is 1.06 bits per heavy atom. The van der Waals surface area contributed by atoms with Crippen LogP contribution >= 0.6 is 0 Å². The van der Waals surface area contributed by atoms with Crippen LogP contribution in [0.1, 0.15) is 19.3 Å². The summed E-state index contributed by atoms with van der Waals surface area (Å²) in [5, 5.41) is 0. The number of rotatable bonds is 2. The van der Waals surface area contributed by atoms with Crippen molar-refractivity contribution < 1.29 is 64.3 Å². The van der Waals surface area contributed by atoms with E-state index in [2.05, 4.69) is 4.90 Å². The normalized spacial score (nSPS) is 28.3. The Hall–Kier alpha value is 1.41. The molecule has 0 aromatic carbocycles. The summed E-state index contributed by atoms with van der Waals surface area (Å²) in [5.74, 6) is 0. The van der Waals surface area contributed by atoms with Crippen LogP contribution in [0.2, 0.25) is 0 Å². The Balaban J connectivity index is 0.00000128. The third kappa shape index (κ3) is 4.59. The SMILES string of the molecule is F[B-](F)(F)CN1CCN2CCCCC2C1.[K+]. The molecule has 0 spiro atoms. The molecule has 2 aliphatic rings. The van der Waals surface area contributed by atoms with Crippen molar-refractivity contribution in [2.24, 2.45) is 0 Å². The van der Waals surface area contributed by atoms with Crippen LogP contribution in [0.25, 0.3) is 0 Å². The molecular formula is C9H17BF3KN2. The van der Waals surface area contributed by atoms with Crippen molar-refractivity contribution in [2.75, 3.05) is 32.6 Å². The molecule has 2 heterocycles. The van der Waals surface area contributed by atoms with E-state index in [1.807, 2.05) is 0 Å². The van der Waals surface area contributed by atoms with Crippen molar-refractivity contribution in [3.63, 3.8) is 0 Å². The number of piperidine rings is 1. The molecule has 2 fully saturated rings. The summed E-state index contributed by atoms with van der Waals surface area (Å²) in [5.41, 5.74) is 0. The van der Waals surface area contributed by atoms with Gasteiger partial charge >= 0.3 is 58.4 Å². The van der Waals surface area contributed by atoms with Crippen LogP contribution in [0.15, 0.2) is 0 Å². The Labute approximate surface area is 137 Å². The predicted molar refractivity (Wildman–Crippen MR) is 54.7 cm³/mol. The summed E-state index contributed by atoms with van der Waals surface area (Å²) in [6.07, 6.45) is 2.78. The zero-order valence-corrected chi connectivity index (χ0v) is 13.0. The molecule has 0 bridgehead atoms. The molecule has 16 heavy (non-hydrogen) atoms. The van der Waals surface area contributed by atoms with Gasteiger partial charge in [0.15, 0.2) is 0 Å². The minimum atomic E-state index is -4.65. The van der Waals surface area contributed by atoms with Gasteiger partial charge in [0.1, 0.15) is 0 Å². The molecule has 0 amide bonds. The van der Waals surface area contributed by atoms with Crippen LogP contribution in [-0.4, -0.2) is 55.4 Å². The quantitative estimate of drug-likeness (QED) is 0.560. The van der Waals surface area contributed by atoms with Crippen molar-refractivity contribution in [3.8, 4) is 0 Å². The first-order valence-electron chi connectivity index (χ1n) is 5.72. The molecule has 0 aliphatic carbocycles. The Morgan fingerprint density at radius 3 is 2.50 bits per heavy atom. The smallest absolute Gasteiger partial charge is 0.448 e. The standard InChI is InChI=1S/C9H17BF3N2.K/c11-10(12,13)8-14-5-6-15-4-2-1-3-9(15)7-14;/h9H,1-8H2;/q-1;+1. The number of nitrogens with zero attached hydrogens (tertiary/aromatic N) is 2. The third-order valence-electron chi connectivity index (χ3n) is 3.39. The maximum absolute atomic E-state index is 12.3. The molecule has 2 nitrogen and oxygen atoms in total. The summed E-state index contributed by atoms with van der Waals surface area (Å²) in [6, 6.07) is 0.380. The summed E-state index contributed by atoms with van der Waals surface area (Å²) < 4.78 is 36.8. The molecule has 2 rings (SSSR count). The first kappa shape index (κ1) is 15.5. The van der Waals surface area contributed by atoms with Gasteiger partial charge in [-0.25, -0.2) is 0 Å². The van der Waals surface area contributed by atoms with Gasteiger partial charge in [-0.2, -0.15) is 0 Å². The Kier molecular flexibility index (Phi) is 6.32. The molecule has 1 atom stereocenters. The van der Waals surface area contributed by atoms with Crippen molar-refractivity contribution in [2.45, 2.75) is 25.3 Å². The number of piperazine rings is 1. The predicted octanol–water partition coefficient (Wildman–Crippen LogP) is -1.45. The topological polar surface area (TPSA) is 6.48 Å². The van der Waals surface area contributed by atoms with Crippen LogP contribution in [0.3, 0.4) is 0 Å².